The molecule has 0 saturated carbocycles. The third-order valence-corrected chi connectivity index (χ3v) is 11.3. The molecule has 0 aromatic rings. The minimum absolute atomic E-state index is 0.133. The number of carbonyl (C=O) groups is 1. The molecule has 3 fully saturated rings. The number of likely N-dealkylation sites (N-methyl/N-ethyl adjacent to an activating group) is 1. The van der Waals surface area contributed by atoms with Crippen LogP contribution in [0, 0.1) is 17.8 Å². The van der Waals surface area contributed by atoms with E-state index in [-0.39, 0.29) is 37.5 Å². The molecular formula is C35H67N3O9. The molecule has 0 aromatic heterocycles. The molecule has 3 heterocycles. The summed E-state index contributed by atoms with van der Waals surface area (Å²) in [6.45, 7) is 16.0. The molecule has 276 valence electrons. The Bertz CT molecular complexity index is 993. The lowest BCUT2D eigenvalue weighted by atomic mass is 9.70. The number of aliphatic hydroxyl groups excluding tert-OH is 2. The van der Waals surface area contributed by atoms with Gasteiger partial charge in [0.2, 0.25) is 0 Å². The number of rotatable bonds is 6. The van der Waals surface area contributed by atoms with Crippen molar-refractivity contribution in [3.05, 3.63) is 0 Å². The van der Waals surface area contributed by atoms with Crippen LogP contribution in [0.25, 0.3) is 0 Å². The highest BCUT2D eigenvalue weighted by molar-refractivity contribution is 5.74. The second-order valence-electron chi connectivity index (χ2n) is 15.8. The summed E-state index contributed by atoms with van der Waals surface area (Å²) >= 11 is 0. The molecule has 3 rings (SSSR count). The lowest BCUT2D eigenvalue weighted by Crippen LogP contribution is -2.64. The van der Waals surface area contributed by atoms with Crippen LogP contribution >= 0.6 is 0 Å². The zero-order chi connectivity index (χ0) is 35.5. The van der Waals surface area contributed by atoms with E-state index in [1.54, 1.807) is 34.6 Å². The Labute approximate surface area is 283 Å². The first-order chi connectivity index (χ1) is 21.8. The molecule has 12 nitrogen and oxygen atoms in total. The Kier molecular flexibility index (Phi) is 14.1. The number of hydrogen-bond acceptors (Lipinski definition) is 12. The summed E-state index contributed by atoms with van der Waals surface area (Å²) in [6, 6.07) is -0.813. The third-order valence-electron chi connectivity index (χ3n) is 11.3. The van der Waals surface area contributed by atoms with Crippen LogP contribution in [0.3, 0.4) is 0 Å². The van der Waals surface area contributed by atoms with Crippen LogP contribution in [0.2, 0.25) is 0 Å². The van der Waals surface area contributed by atoms with Crippen molar-refractivity contribution >= 4 is 5.97 Å². The second-order valence-corrected chi connectivity index (χ2v) is 15.8. The Morgan fingerprint density at radius 3 is 2.21 bits per heavy atom. The Morgan fingerprint density at radius 2 is 1.64 bits per heavy atom. The van der Waals surface area contributed by atoms with Crippen LogP contribution in [-0.4, -0.2) is 147 Å². The smallest absolute Gasteiger partial charge is 0.312 e. The number of nitrogens with one attached hydrogen (secondary N) is 1. The molecule has 3 saturated heterocycles. The van der Waals surface area contributed by atoms with Crippen LogP contribution in [0.5, 0.6) is 0 Å². The van der Waals surface area contributed by atoms with Crippen LogP contribution in [0.1, 0.15) is 93.9 Å². The van der Waals surface area contributed by atoms with Crippen molar-refractivity contribution in [2.75, 3.05) is 40.3 Å². The van der Waals surface area contributed by atoms with Gasteiger partial charge in [-0.25, -0.2) is 0 Å². The summed E-state index contributed by atoms with van der Waals surface area (Å²) in [7, 11) is 3.79. The zero-order valence-electron chi connectivity index (χ0n) is 30.7. The fourth-order valence-electron chi connectivity index (χ4n) is 8.17. The number of β-amino-alcohol motifs (C(OH)–C–C–N with tert-alkyl or cyclic N) is 1. The highest BCUT2D eigenvalue weighted by atomic mass is 16.7. The van der Waals surface area contributed by atoms with Crippen molar-refractivity contribution in [3.8, 4) is 0 Å². The van der Waals surface area contributed by atoms with Crippen molar-refractivity contribution in [2.45, 2.75) is 160 Å². The maximum atomic E-state index is 14.0. The van der Waals surface area contributed by atoms with Gasteiger partial charge in [-0.15, -0.1) is 0 Å². The van der Waals surface area contributed by atoms with Crippen LogP contribution in [0.15, 0.2) is 0 Å². The predicted octanol–water partition coefficient (Wildman–Crippen LogP) is 1.49. The van der Waals surface area contributed by atoms with Crippen LogP contribution in [0.4, 0.5) is 0 Å². The van der Waals surface area contributed by atoms with Gasteiger partial charge in [-0.1, -0.05) is 27.2 Å². The van der Waals surface area contributed by atoms with Crippen LogP contribution < -0.4 is 5.32 Å². The largest absolute Gasteiger partial charge is 0.459 e. The van der Waals surface area contributed by atoms with E-state index in [4.69, 9.17) is 14.2 Å². The molecule has 14 atom stereocenters. The van der Waals surface area contributed by atoms with Crippen molar-refractivity contribution in [2.24, 2.45) is 17.8 Å². The van der Waals surface area contributed by atoms with Gasteiger partial charge in [-0.05, 0) is 106 Å². The standard InChI is InChI=1S/C35H67N3O9/c1-11-27-34(8,43)29(40)25(6)36-19-21(2)18-33(7,42)30(47-32-28(39)26(37(9)10)17-22(3)45-32)23(4)35(44,24(5)31(41)46-27)20-38-15-13-12-14-16-38/h21-30,32,36,39-40,42-44H,11-20H2,1-10H3/t21-,22-,23-,24?,25-,26+,27-,28-,29-,30-,32+,33+,34-,35-/m1/s1. The first-order valence-corrected chi connectivity index (χ1v) is 17.9. The molecule has 0 aliphatic carbocycles. The maximum absolute atomic E-state index is 14.0. The minimum Gasteiger partial charge on any atom is -0.459 e. The Morgan fingerprint density at radius 1 is 1.02 bits per heavy atom. The lowest BCUT2D eigenvalue weighted by molar-refractivity contribution is -0.305. The van der Waals surface area contributed by atoms with Crippen molar-refractivity contribution < 1.29 is 44.5 Å². The number of hydrogen-bond donors (Lipinski definition) is 6. The molecule has 3 aliphatic rings. The molecule has 12 heteroatoms. The van der Waals surface area contributed by atoms with Gasteiger partial charge in [0.1, 0.15) is 23.9 Å². The molecular weight excluding hydrogens is 606 g/mol. The molecule has 0 spiro atoms. The van der Waals surface area contributed by atoms with E-state index < -0.39 is 71.4 Å². The molecule has 47 heavy (non-hydrogen) atoms. The summed E-state index contributed by atoms with van der Waals surface area (Å²) < 4.78 is 18.8. The van der Waals surface area contributed by atoms with E-state index in [0.717, 1.165) is 32.4 Å². The van der Waals surface area contributed by atoms with Gasteiger partial charge in [0.05, 0.1) is 29.3 Å². The average molecular weight is 674 g/mol. The molecule has 0 amide bonds. The van der Waals surface area contributed by atoms with Crippen molar-refractivity contribution in [1.82, 2.24) is 15.1 Å². The van der Waals surface area contributed by atoms with E-state index in [1.165, 1.54) is 6.92 Å². The van der Waals surface area contributed by atoms with Crippen LogP contribution in [-0.2, 0) is 19.0 Å². The van der Waals surface area contributed by atoms with E-state index in [0.29, 0.717) is 13.0 Å². The van der Waals surface area contributed by atoms with Gasteiger partial charge in [0.25, 0.3) is 0 Å². The minimum atomic E-state index is -1.78. The molecule has 1 unspecified atom stereocenters. The number of likely N-dealkylation sites (tertiary alicyclic amines) is 1. The van der Waals surface area contributed by atoms with Gasteiger partial charge in [0, 0.05) is 24.5 Å². The summed E-state index contributed by atoms with van der Waals surface area (Å²) in [6.07, 6.45) is -1.62. The normalized spacial score (nSPS) is 47.2. The van der Waals surface area contributed by atoms with Gasteiger partial charge in [-0.3, -0.25) is 4.79 Å². The topological polar surface area (TPSA) is 164 Å². The molecule has 0 radical (unpaired) electrons. The average Bonchev–Trinajstić information content (AvgIpc) is 3.00. The first-order valence-electron chi connectivity index (χ1n) is 17.9. The second kappa shape index (κ2) is 16.4. The van der Waals surface area contributed by atoms with Gasteiger partial charge in [0.15, 0.2) is 6.29 Å². The highest BCUT2D eigenvalue weighted by Crippen LogP contribution is 2.41. The number of aliphatic hydroxyl groups is 5. The predicted molar refractivity (Wildman–Crippen MR) is 180 cm³/mol. The summed E-state index contributed by atoms with van der Waals surface area (Å²) in [4.78, 5) is 18.1. The number of piperidine rings is 1. The molecule has 0 bridgehead atoms. The zero-order valence-corrected chi connectivity index (χ0v) is 30.7. The van der Waals surface area contributed by atoms with E-state index in [2.05, 4.69) is 10.2 Å². The quantitative estimate of drug-likeness (QED) is 0.226. The molecule has 0 aromatic carbocycles. The van der Waals surface area contributed by atoms with Gasteiger partial charge >= 0.3 is 5.97 Å². The SMILES string of the molecule is CC[C@H]1OC(=O)C(C)[C@@](O)(CN2CCCCC2)[C@H](C)[C@@H](O[C@@H]2O[C@H](C)C[C@H](N(C)C)[C@H]2O)[C@@](C)(O)C[C@@H](C)CN[C@H](C)[C@@H](O)[C@]1(C)O. The fraction of sp³-hybridized carbons (Fsp3) is 0.971. The maximum Gasteiger partial charge on any atom is 0.312 e. The number of carbonyl (C=O) groups excluding carboxylic acids is 1. The van der Waals surface area contributed by atoms with Gasteiger partial charge in [-0.2, -0.15) is 0 Å². The summed E-state index contributed by atoms with van der Waals surface area (Å²) in [5.74, 6) is -2.80. The monoisotopic (exact) mass is 673 g/mol. The van der Waals surface area contributed by atoms with Crippen molar-refractivity contribution in [1.29, 1.82) is 0 Å². The summed E-state index contributed by atoms with van der Waals surface area (Å²) in [5.41, 5.74) is -5.08. The van der Waals surface area contributed by atoms with Crippen molar-refractivity contribution in [3.63, 3.8) is 0 Å². The number of cyclic esters (lactones) is 1. The summed E-state index contributed by atoms with van der Waals surface area (Å²) in [5, 5.41) is 62.7. The van der Waals surface area contributed by atoms with Gasteiger partial charge < -0.3 is 54.9 Å². The Hall–Kier alpha value is -0.930. The number of ether oxygens (including phenoxy) is 3. The first kappa shape index (κ1) is 40.5. The lowest BCUT2D eigenvalue weighted by Gasteiger charge is -2.50. The van der Waals surface area contributed by atoms with E-state index in [1.807, 2.05) is 32.8 Å². The Balaban J connectivity index is 2.14. The van der Waals surface area contributed by atoms with E-state index >= 15 is 0 Å². The number of esters is 1. The number of nitrogens with zero attached hydrogens (tertiary/aromatic N) is 2. The van der Waals surface area contributed by atoms with E-state index in [9.17, 15) is 30.3 Å². The highest BCUT2D eigenvalue weighted by Gasteiger charge is 2.55. The third kappa shape index (κ3) is 9.45. The molecule has 6 N–H and O–H groups in total. The molecule has 3 aliphatic heterocycles. The fourth-order valence-corrected chi connectivity index (χ4v) is 8.17.